The van der Waals surface area contributed by atoms with Gasteiger partial charge in [-0.25, -0.2) is 10.2 Å². The minimum absolute atomic E-state index is 0.192. The van der Waals surface area contributed by atoms with Gasteiger partial charge in [-0.2, -0.15) is 5.10 Å². The van der Waals surface area contributed by atoms with Crippen LogP contribution in [0.5, 0.6) is 5.75 Å². The molecule has 0 aliphatic heterocycles. The fourth-order valence-electron chi connectivity index (χ4n) is 2.37. The number of hydrazone groups is 1. The van der Waals surface area contributed by atoms with Crippen LogP contribution < -0.4 is 10.2 Å². The molecule has 0 aromatic heterocycles. The van der Waals surface area contributed by atoms with Gasteiger partial charge < -0.3 is 4.74 Å². The van der Waals surface area contributed by atoms with Crippen molar-refractivity contribution in [1.82, 2.24) is 5.43 Å². The van der Waals surface area contributed by atoms with Crippen molar-refractivity contribution in [3.63, 3.8) is 0 Å². The highest BCUT2D eigenvalue weighted by Crippen LogP contribution is 2.15. The van der Waals surface area contributed by atoms with Crippen LogP contribution in [-0.4, -0.2) is 18.1 Å². The Balaban J connectivity index is 1.51. The minimum atomic E-state index is -0.429. The monoisotopic (exact) mass is 436 g/mol. The van der Waals surface area contributed by atoms with Gasteiger partial charge >= 0.3 is 5.97 Å². The molecule has 3 rings (SSSR count). The second-order valence-electron chi connectivity index (χ2n) is 5.92. The average molecular weight is 437 g/mol. The van der Waals surface area contributed by atoms with Crippen LogP contribution >= 0.6 is 15.9 Å². The molecule has 1 N–H and O–H groups in total. The molecule has 0 fully saturated rings. The van der Waals surface area contributed by atoms with E-state index in [9.17, 15) is 9.59 Å². The largest absolute Gasteiger partial charge is 0.423 e. The molecule has 6 heteroatoms. The highest BCUT2D eigenvalue weighted by atomic mass is 79.9. The van der Waals surface area contributed by atoms with Crippen LogP contribution in [-0.2, 0) is 11.2 Å². The van der Waals surface area contributed by atoms with Gasteiger partial charge in [0, 0.05) is 4.47 Å². The van der Waals surface area contributed by atoms with E-state index in [0.29, 0.717) is 11.3 Å². The first-order chi connectivity index (χ1) is 13.6. The van der Waals surface area contributed by atoms with Gasteiger partial charge in [-0.1, -0.05) is 46.3 Å². The minimum Gasteiger partial charge on any atom is -0.423 e. The summed E-state index contributed by atoms with van der Waals surface area (Å²) >= 11 is 3.32. The van der Waals surface area contributed by atoms with E-state index >= 15 is 0 Å². The number of hydrogen-bond acceptors (Lipinski definition) is 4. The first kappa shape index (κ1) is 19.5. The van der Waals surface area contributed by atoms with Crippen molar-refractivity contribution >= 4 is 34.0 Å². The third-order valence-corrected chi connectivity index (χ3v) is 4.31. The van der Waals surface area contributed by atoms with Crippen LogP contribution in [0.2, 0.25) is 0 Å². The van der Waals surface area contributed by atoms with E-state index < -0.39 is 5.97 Å². The van der Waals surface area contributed by atoms with Crippen molar-refractivity contribution in [2.75, 3.05) is 0 Å². The molecule has 0 aliphatic carbocycles. The first-order valence-electron chi connectivity index (χ1n) is 8.54. The van der Waals surface area contributed by atoms with Crippen LogP contribution in [0.15, 0.2) is 88.4 Å². The maximum Gasteiger partial charge on any atom is 0.343 e. The summed E-state index contributed by atoms with van der Waals surface area (Å²) in [6.45, 7) is 0. The lowest BCUT2D eigenvalue weighted by molar-refractivity contribution is -0.120. The zero-order valence-corrected chi connectivity index (χ0v) is 16.4. The molecule has 5 nitrogen and oxygen atoms in total. The third-order valence-electron chi connectivity index (χ3n) is 3.78. The summed E-state index contributed by atoms with van der Waals surface area (Å²) in [4.78, 5) is 23.9. The van der Waals surface area contributed by atoms with E-state index in [4.69, 9.17) is 4.74 Å². The number of amides is 1. The molecule has 0 aliphatic rings. The maximum absolute atomic E-state index is 12.1. The molecule has 3 aromatic rings. The number of esters is 1. The number of carbonyl (C=O) groups is 2. The molecule has 3 aromatic carbocycles. The molecule has 0 saturated heterocycles. The van der Waals surface area contributed by atoms with E-state index in [-0.39, 0.29) is 12.3 Å². The summed E-state index contributed by atoms with van der Waals surface area (Å²) in [7, 11) is 0. The molecule has 1 amide bonds. The van der Waals surface area contributed by atoms with E-state index in [1.165, 1.54) is 6.21 Å². The zero-order valence-electron chi connectivity index (χ0n) is 14.8. The van der Waals surface area contributed by atoms with Gasteiger partial charge in [0.05, 0.1) is 18.2 Å². The Hall–Kier alpha value is -3.25. The highest BCUT2D eigenvalue weighted by Gasteiger charge is 2.08. The fraction of sp³-hybridized carbons (Fsp3) is 0.0455. The molecule has 28 heavy (non-hydrogen) atoms. The molecule has 0 unspecified atom stereocenters. The summed E-state index contributed by atoms with van der Waals surface area (Å²) in [6, 6.07) is 23.2. The number of carbonyl (C=O) groups excluding carboxylic acids is 2. The van der Waals surface area contributed by atoms with Gasteiger partial charge in [0.1, 0.15) is 5.75 Å². The summed E-state index contributed by atoms with van der Waals surface area (Å²) < 4.78 is 6.23. The molecule has 0 heterocycles. The Morgan fingerprint density at radius 3 is 2.29 bits per heavy atom. The molecular weight excluding hydrogens is 420 g/mol. The topological polar surface area (TPSA) is 67.8 Å². The Labute approximate surface area is 171 Å². The summed E-state index contributed by atoms with van der Waals surface area (Å²) in [5, 5.41) is 3.95. The van der Waals surface area contributed by atoms with Crippen LogP contribution in [0.1, 0.15) is 21.5 Å². The molecule has 0 radical (unpaired) electrons. The Morgan fingerprint density at radius 2 is 1.61 bits per heavy atom. The molecular formula is C22H17BrN2O3. The summed E-state index contributed by atoms with van der Waals surface area (Å²) in [6.07, 6.45) is 1.80. The van der Waals surface area contributed by atoms with Crippen molar-refractivity contribution in [3.8, 4) is 5.75 Å². The molecule has 0 spiro atoms. The molecule has 140 valence electrons. The second-order valence-corrected chi connectivity index (χ2v) is 6.84. The lowest BCUT2D eigenvalue weighted by atomic mass is 10.1. The van der Waals surface area contributed by atoms with Crippen LogP contribution in [0, 0.1) is 0 Å². The lowest BCUT2D eigenvalue weighted by Crippen LogP contribution is -2.19. The van der Waals surface area contributed by atoms with Gasteiger partial charge in [-0.15, -0.1) is 0 Å². The quantitative estimate of drug-likeness (QED) is 0.270. The maximum atomic E-state index is 12.1. The van der Waals surface area contributed by atoms with E-state index in [0.717, 1.165) is 15.6 Å². The number of benzene rings is 3. The zero-order chi connectivity index (χ0) is 19.8. The number of nitrogens with one attached hydrogen (secondary N) is 1. The molecule has 0 atom stereocenters. The van der Waals surface area contributed by atoms with Crippen molar-refractivity contribution in [2.24, 2.45) is 5.10 Å². The average Bonchev–Trinajstić information content (AvgIpc) is 2.70. The number of rotatable bonds is 6. The van der Waals surface area contributed by atoms with E-state index in [1.807, 2.05) is 30.3 Å². The Bertz CT molecular complexity index is 969. The van der Waals surface area contributed by atoms with Gasteiger partial charge in [-0.05, 0) is 59.7 Å². The Kier molecular flexibility index (Phi) is 6.70. The summed E-state index contributed by atoms with van der Waals surface area (Å²) in [5.41, 5.74) is 4.65. The van der Waals surface area contributed by atoms with Crippen LogP contribution in [0.4, 0.5) is 0 Å². The number of hydrogen-bond donors (Lipinski definition) is 1. The normalized spacial score (nSPS) is 10.6. The number of nitrogens with zero attached hydrogens (tertiary/aromatic N) is 1. The van der Waals surface area contributed by atoms with E-state index in [2.05, 4.69) is 26.5 Å². The van der Waals surface area contributed by atoms with Gasteiger partial charge in [0.2, 0.25) is 5.91 Å². The SMILES string of the molecule is O=C(Cc1ccccc1)NN=Cc1ccc(OC(=O)c2ccc(Br)cc2)cc1. The molecule has 0 saturated carbocycles. The van der Waals surface area contributed by atoms with Crippen LogP contribution in [0.3, 0.4) is 0 Å². The van der Waals surface area contributed by atoms with E-state index in [1.54, 1.807) is 48.5 Å². The van der Waals surface area contributed by atoms with Crippen molar-refractivity contribution in [2.45, 2.75) is 6.42 Å². The van der Waals surface area contributed by atoms with Crippen molar-refractivity contribution < 1.29 is 14.3 Å². The second kappa shape index (κ2) is 9.62. The summed E-state index contributed by atoms with van der Waals surface area (Å²) in [5.74, 6) is -0.192. The third kappa shape index (κ3) is 5.89. The van der Waals surface area contributed by atoms with Crippen molar-refractivity contribution in [3.05, 3.63) is 100 Å². The van der Waals surface area contributed by atoms with Gasteiger partial charge in [0.25, 0.3) is 0 Å². The Morgan fingerprint density at radius 1 is 0.929 bits per heavy atom. The number of ether oxygens (including phenoxy) is 1. The van der Waals surface area contributed by atoms with Crippen LogP contribution in [0.25, 0.3) is 0 Å². The lowest BCUT2D eigenvalue weighted by Gasteiger charge is -2.05. The predicted octanol–water partition coefficient (Wildman–Crippen LogP) is 4.36. The highest BCUT2D eigenvalue weighted by molar-refractivity contribution is 9.10. The number of halogens is 1. The molecule has 0 bridgehead atoms. The fourth-order valence-corrected chi connectivity index (χ4v) is 2.64. The smallest absolute Gasteiger partial charge is 0.343 e. The van der Waals surface area contributed by atoms with Gasteiger partial charge in [0.15, 0.2) is 0 Å². The van der Waals surface area contributed by atoms with Crippen molar-refractivity contribution in [1.29, 1.82) is 0 Å². The standard InChI is InChI=1S/C22H17BrN2O3/c23-19-10-8-18(9-11-19)22(27)28-20-12-6-17(7-13-20)15-24-25-21(26)14-16-4-2-1-3-5-16/h1-13,15H,14H2,(H,25,26). The first-order valence-corrected chi connectivity index (χ1v) is 9.33. The predicted molar refractivity (Wildman–Crippen MR) is 111 cm³/mol. The van der Waals surface area contributed by atoms with Gasteiger partial charge in [-0.3, -0.25) is 4.79 Å².